The average molecular weight is 301 g/mol. The standard InChI is InChI=1S/C16H19N3O3/c20-16(12-8-11(12)14-2-1-5-22-14)17-15-9-13(18-19-15)10-3-6-21-7-4-10/h1-2,5,9-12H,3-4,6-8H2,(H2,17,18,19,20)/t11-,12+/m0/s1. The Morgan fingerprint density at radius 3 is 3.00 bits per heavy atom. The molecule has 1 aliphatic carbocycles. The first-order valence-electron chi connectivity index (χ1n) is 7.78. The van der Waals surface area contributed by atoms with Crippen molar-refractivity contribution in [2.45, 2.75) is 31.1 Å². The van der Waals surface area contributed by atoms with E-state index in [0.29, 0.717) is 11.7 Å². The number of anilines is 1. The second-order valence-electron chi connectivity index (χ2n) is 6.05. The lowest BCUT2D eigenvalue weighted by molar-refractivity contribution is -0.117. The quantitative estimate of drug-likeness (QED) is 0.909. The van der Waals surface area contributed by atoms with Crippen molar-refractivity contribution in [3.05, 3.63) is 35.9 Å². The number of aromatic nitrogens is 2. The highest BCUT2D eigenvalue weighted by molar-refractivity contribution is 5.94. The zero-order valence-electron chi connectivity index (χ0n) is 12.2. The van der Waals surface area contributed by atoms with Crippen LogP contribution in [0.25, 0.3) is 0 Å². The summed E-state index contributed by atoms with van der Waals surface area (Å²) in [7, 11) is 0. The van der Waals surface area contributed by atoms with E-state index in [2.05, 4.69) is 15.5 Å². The predicted molar refractivity (Wildman–Crippen MR) is 79.6 cm³/mol. The minimum atomic E-state index is -0.00520. The molecular weight excluding hydrogens is 282 g/mol. The van der Waals surface area contributed by atoms with Crippen LogP contribution in [0.1, 0.15) is 42.6 Å². The Morgan fingerprint density at radius 1 is 1.36 bits per heavy atom. The van der Waals surface area contributed by atoms with Crippen LogP contribution in [0.2, 0.25) is 0 Å². The molecule has 4 rings (SSSR count). The van der Waals surface area contributed by atoms with E-state index in [1.54, 1.807) is 6.26 Å². The molecule has 0 bridgehead atoms. The third kappa shape index (κ3) is 2.66. The molecule has 1 saturated heterocycles. The van der Waals surface area contributed by atoms with E-state index < -0.39 is 0 Å². The molecule has 0 unspecified atom stereocenters. The van der Waals surface area contributed by atoms with E-state index in [1.807, 2.05) is 18.2 Å². The molecule has 2 aliphatic rings. The van der Waals surface area contributed by atoms with Gasteiger partial charge < -0.3 is 14.5 Å². The molecule has 0 radical (unpaired) electrons. The smallest absolute Gasteiger partial charge is 0.229 e. The maximum atomic E-state index is 12.2. The monoisotopic (exact) mass is 301 g/mol. The van der Waals surface area contributed by atoms with E-state index in [1.165, 1.54) is 0 Å². The van der Waals surface area contributed by atoms with Gasteiger partial charge in [-0.3, -0.25) is 9.89 Å². The van der Waals surface area contributed by atoms with E-state index in [-0.39, 0.29) is 17.7 Å². The second kappa shape index (κ2) is 5.61. The van der Waals surface area contributed by atoms with E-state index in [9.17, 15) is 4.79 Å². The van der Waals surface area contributed by atoms with Crippen LogP contribution in [0.15, 0.2) is 28.9 Å². The lowest BCUT2D eigenvalue weighted by Gasteiger charge is -2.20. The number of furan rings is 1. The number of aromatic amines is 1. The highest BCUT2D eigenvalue weighted by atomic mass is 16.5. The van der Waals surface area contributed by atoms with Gasteiger partial charge in [-0.1, -0.05) is 0 Å². The minimum absolute atomic E-state index is 0.00520. The van der Waals surface area contributed by atoms with Gasteiger partial charge in [-0.05, 0) is 31.4 Å². The summed E-state index contributed by atoms with van der Waals surface area (Å²) >= 11 is 0. The van der Waals surface area contributed by atoms with E-state index in [4.69, 9.17) is 9.15 Å². The maximum Gasteiger partial charge on any atom is 0.229 e. The van der Waals surface area contributed by atoms with Gasteiger partial charge in [-0.25, -0.2) is 0 Å². The summed E-state index contributed by atoms with van der Waals surface area (Å²) in [6, 6.07) is 5.73. The molecule has 0 spiro atoms. The first kappa shape index (κ1) is 13.6. The van der Waals surface area contributed by atoms with Gasteiger partial charge in [0.15, 0.2) is 5.82 Å². The number of rotatable bonds is 4. The normalized spacial score (nSPS) is 25.1. The first-order chi connectivity index (χ1) is 10.8. The fourth-order valence-corrected chi connectivity index (χ4v) is 3.14. The highest BCUT2D eigenvalue weighted by Crippen LogP contribution is 2.48. The SMILES string of the molecule is O=C(Nc1cc(C2CCOCC2)[nH]n1)[C@@H]1C[C@@H]1c1ccco1. The Labute approximate surface area is 128 Å². The summed E-state index contributed by atoms with van der Waals surface area (Å²) in [4.78, 5) is 12.2. The van der Waals surface area contributed by atoms with Gasteiger partial charge in [0.25, 0.3) is 0 Å². The number of carbonyl (C=O) groups is 1. The zero-order valence-corrected chi connectivity index (χ0v) is 12.2. The van der Waals surface area contributed by atoms with Crippen molar-refractivity contribution in [3.63, 3.8) is 0 Å². The molecule has 6 heteroatoms. The van der Waals surface area contributed by atoms with Crippen molar-refractivity contribution in [3.8, 4) is 0 Å². The summed E-state index contributed by atoms with van der Waals surface area (Å²) in [5.74, 6) is 2.18. The molecule has 3 heterocycles. The van der Waals surface area contributed by atoms with Crippen molar-refractivity contribution < 1.29 is 13.9 Å². The molecule has 2 aromatic rings. The van der Waals surface area contributed by atoms with Crippen molar-refractivity contribution >= 4 is 11.7 Å². The molecule has 1 amide bonds. The van der Waals surface area contributed by atoms with Gasteiger partial charge in [-0.2, -0.15) is 5.10 Å². The summed E-state index contributed by atoms with van der Waals surface area (Å²) in [5.41, 5.74) is 1.08. The Hall–Kier alpha value is -2.08. The van der Waals surface area contributed by atoms with Crippen molar-refractivity contribution in [2.75, 3.05) is 18.5 Å². The van der Waals surface area contributed by atoms with Crippen LogP contribution in [0.4, 0.5) is 5.82 Å². The molecule has 6 nitrogen and oxygen atoms in total. The number of ether oxygens (including phenoxy) is 1. The lowest BCUT2D eigenvalue weighted by atomic mass is 9.97. The molecule has 22 heavy (non-hydrogen) atoms. The predicted octanol–water partition coefficient (Wildman–Crippen LogP) is 2.64. The maximum absolute atomic E-state index is 12.2. The van der Waals surface area contributed by atoms with Crippen LogP contribution in [-0.4, -0.2) is 29.3 Å². The topological polar surface area (TPSA) is 80.1 Å². The van der Waals surface area contributed by atoms with Crippen LogP contribution in [0.3, 0.4) is 0 Å². The third-order valence-corrected chi connectivity index (χ3v) is 4.55. The molecule has 2 aromatic heterocycles. The van der Waals surface area contributed by atoms with Gasteiger partial charge in [0.1, 0.15) is 5.76 Å². The molecule has 116 valence electrons. The van der Waals surface area contributed by atoms with Crippen LogP contribution in [0.5, 0.6) is 0 Å². The molecule has 2 fully saturated rings. The summed E-state index contributed by atoms with van der Waals surface area (Å²) in [6.45, 7) is 1.58. The summed E-state index contributed by atoms with van der Waals surface area (Å²) in [6.07, 6.45) is 4.49. The fourth-order valence-electron chi connectivity index (χ4n) is 3.14. The molecule has 1 aliphatic heterocycles. The number of amides is 1. The number of H-pyrrole nitrogens is 1. The number of nitrogens with one attached hydrogen (secondary N) is 2. The highest BCUT2D eigenvalue weighted by Gasteiger charge is 2.46. The van der Waals surface area contributed by atoms with Gasteiger partial charge in [0.05, 0.1) is 6.26 Å². The van der Waals surface area contributed by atoms with Crippen molar-refractivity contribution in [2.24, 2.45) is 5.92 Å². The number of carbonyl (C=O) groups excluding carboxylic acids is 1. The largest absolute Gasteiger partial charge is 0.469 e. The Kier molecular flexibility index (Phi) is 3.46. The van der Waals surface area contributed by atoms with Gasteiger partial charge >= 0.3 is 0 Å². The lowest BCUT2D eigenvalue weighted by Crippen LogP contribution is -2.15. The van der Waals surface area contributed by atoms with Crippen LogP contribution < -0.4 is 5.32 Å². The summed E-state index contributed by atoms with van der Waals surface area (Å²) < 4.78 is 10.7. The third-order valence-electron chi connectivity index (χ3n) is 4.55. The van der Waals surface area contributed by atoms with Crippen LogP contribution in [-0.2, 0) is 9.53 Å². The van der Waals surface area contributed by atoms with E-state index >= 15 is 0 Å². The molecule has 1 saturated carbocycles. The Morgan fingerprint density at radius 2 is 2.23 bits per heavy atom. The zero-order chi connectivity index (χ0) is 14.9. The number of hydrogen-bond donors (Lipinski definition) is 2. The van der Waals surface area contributed by atoms with Crippen molar-refractivity contribution in [1.82, 2.24) is 10.2 Å². The van der Waals surface area contributed by atoms with Gasteiger partial charge in [0, 0.05) is 42.7 Å². The van der Waals surface area contributed by atoms with E-state index in [0.717, 1.165) is 43.9 Å². The van der Waals surface area contributed by atoms with Crippen LogP contribution >= 0.6 is 0 Å². The fraction of sp³-hybridized carbons (Fsp3) is 0.500. The first-order valence-corrected chi connectivity index (χ1v) is 7.78. The average Bonchev–Trinajstić information content (AvgIpc) is 2.97. The van der Waals surface area contributed by atoms with Gasteiger partial charge in [-0.15, -0.1) is 0 Å². The molecule has 2 atom stereocenters. The Bertz CT molecular complexity index is 643. The summed E-state index contributed by atoms with van der Waals surface area (Å²) in [5, 5.41) is 10.1. The molecular formula is C16H19N3O3. The van der Waals surface area contributed by atoms with Gasteiger partial charge in [0.2, 0.25) is 5.91 Å². The minimum Gasteiger partial charge on any atom is -0.469 e. The molecule has 0 aromatic carbocycles. The Balaban J connectivity index is 1.36. The second-order valence-corrected chi connectivity index (χ2v) is 6.05. The number of nitrogens with zero attached hydrogens (tertiary/aromatic N) is 1. The number of hydrogen-bond acceptors (Lipinski definition) is 4. The van der Waals surface area contributed by atoms with Crippen molar-refractivity contribution in [1.29, 1.82) is 0 Å². The van der Waals surface area contributed by atoms with Crippen LogP contribution in [0, 0.1) is 5.92 Å². The molecule has 2 N–H and O–H groups in total.